The number of halogens is 3. The van der Waals surface area contributed by atoms with Crippen molar-refractivity contribution in [2.45, 2.75) is 0 Å². The normalized spacial score (nSPS) is 10.6. The number of aliphatic imine (C=N–C) groups is 1. The topological polar surface area (TPSA) is 49.7 Å². The molecule has 0 spiro atoms. The standard InChI is InChI=1S/C17H8Cl3NO2/c18-12-7-11(17(21-8-22)16(20)15(12)19)14-10-4-2-1-3-9(10)5-6-13(14)23/h1-7,23H. The monoisotopic (exact) mass is 363 g/mol. The molecule has 0 saturated carbocycles. The number of fused-ring (bicyclic) bond motifs is 1. The molecule has 0 amide bonds. The maximum atomic E-state index is 10.8. The molecule has 3 aromatic rings. The Bertz CT molecular complexity index is 979. The van der Waals surface area contributed by atoms with E-state index in [1.165, 1.54) is 12.1 Å². The second-order valence-corrected chi connectivity index (χ2v) is 5.93. The van der Waals surface area contributed by atoms with Crippen LogP contribution in [0, 0.1) is 0 Å². The van der Waals surface area contributed by atoms with Crippen molar-refractivity contribution >= 4 is 57.3 Å². The first-order valence-electron chi connectivity index (χ1n) is 6.51. The molecule has 114 valence electrons. The van der Waals surface area contributed by atoms with Gasteiger partial charge in [-0.15, -0.1) is 0 Å². The fourth-order valence-electron chi connectivity index (χ4n) is 2.47. The van der Waals surface area contributed by atoms with Gasteiger partial charge in [-0.05, 0) is 22.9 Å². The molecular formula is C17H8Cl3NO2. The number of nitrogens with zero attached hydrogens (tertiary/aromatic N) is 1. The van der Waals surface area contributed by atoms with E-state index in [9.17, 15) is 9.90 Å². The minimum atomic E-state index is 0.0144. The highest BCUT2D eigenvalue weighted by Crippen LogP contribution is 2.48. The van der Waals surface area contributed by atoms with Crippen molar-refractivity contribution < 1.29 is 9.90 Å². The van der Waals surface area contributed by atoms with Crippen LogP contribution in [0.3, 0.4) is 0 Å². The number of phenols is 1. The van der Waals surface area contributed by atoms with Crippen LogP contribution in [-0.2, 0) is 4.79 Å². The minimum Gasteiger partial charge on any atom is -0.507 e. The highest BCUT2D eigenvalue weighted by atomic mass is 35.5. The van der Waals surface area contributed by atoms with Crippen molar-refractivity contribution in [3.63, 3.8) is 0 Å². The quantitative estimate of drug-likeness (QED) is 0.337. The largest absolute Gasteiger partial charge is 0.507 e. The Kier molecular flexibility index (Phi) is 4.29. The van der Waals surface area contributed by atoms with E-state index in [4.69, 9.17) is 34.8 Å². The van der Waals surface area contributed by atoms with Gasteiger partial charge in [0.25, 0.3) is 0 Å². The molecule has 0 unspecified atom stereocenters. The molecule has 0 aliphatic heterocycles. The zero-order valence-electron chi connectivity index (χ0n) is 11.5. The second kappa shape index (κ2) is 6.23. The maximum absolute atomic E-state index is 10.8. The lowest BCUT2D eigenvalue weighted by atomic mass is 9.96. The first-order chi connectivity index (χ1) is 11.0. The van der Waals surface area contributed by atoms with Gasteiger partial charge in [0.15, 0.2) is 0 Å². The van der Waals surface area contributed by atoms with Crippen LogP contribution in [0.15, 0.2) is 47.5 Å². The van der Waals surface area contributed by atoms with Gasteiger partial charge >= 0.3 is 0 Å². The van der Waals surface area contributed by atoms with Crippen molar-refractivity contribution in [3.05, 3.63) is 57.5 Å². The Balaban J connectivity index is 2.49. The molecule has 0 bridgehead atoms. The van der Waals surface area contributed by atoms with Gasteiger partial charge < -0.3 is 5.11 Å². The molecular weight excluding hydrogens is 357 g/mol. The van der Waals surface area contributed by atoms with Crippen molar-refractivity contribution in [1.29, 1.82) is 0 Å². The predicted molar refractivity (Wildman–Crippen MR) is 93.9 cm³/mol. The van der Waals surface area contributed by atoms with Crippen molar-refractivity contribution in [3.8, 4) is 16.9 Å². The average Bonchev–Trinajstić information content (AvgIpc) is 2.55. The van der Waals surface area contributed by atoms with E-state index in [0.717, 1.165) is 10.8 Å². The molecule has 0 aromatic heterocycles. The highest BCUT2D eigenvalue weighted by Gasteiger charge is 2.19. The third kappa shape index (κ3) is 2.69. The van der Waals surface area contributed by atoms with Crippen LogP contribution in [0.2, 0.25) is 15.1 Å². The zero-order chi connectivity index (χ0) is 16.6. The number of carbonyl (C=O) groups excluding carboxylic acids is 1. The van der Waals surface area contributed by atoms with E-state index < -0.39 is 0 Å². The summed E-state index contributed by atoms with van der Waals surface area (Å²) in [6.07, 6.45) is 1.46. The Hall–Kier alpha value is -2.03. The van der Waals surface area contributed by atoms with Gasteiger partial charge in [-0.1, -0.05) is 65.1 Å². The lowest BCUT2D eigenvalue weighted by Gasteiger charge is -2.14. The van der Waals surface area contributed by atoms with Gasteiger partial charge in [-0.3, -0.25) is 0 Å². The number of hydrogen-bond acceptors (Lipinski definition) is 3. The van der Waals surface area contributed by atoms with E-state index in [1.807, 2.05) is 24.3 Å². The first kappa shape index (κ1) is 15.9. The van der Waals surface area contributed by atoms with E-state index in [1.54, 1.807) is 12.1 Å². The summed E-state index contributed by atoms with van der Waals surface area (Å²) >= 11 is 18.3. The fraction of sp³-hybridized carbons (Fsp3) is 0. The molecule has 6 heteroatoms. The van der Waals surface area contributed by atoms with Crippen LogP contribution in [0.1, 0.15) is 0 Å². The smallest absolute Gasteiger partial charge is 0.240 e. The summed E-state index contributed by atoms with van der Waals surface area (Å²) in [5.74, 6) is 0.0144. The predicted octanol–water partition coefficient (Wildman–Crippen LogP) is 6.14. The van der Waals surface area contributed by atoms with Crippen LogP contribution >= 0.6 is 34.8 Å². The summed E-state index contributed by atoms with van der Waals surface area (Å²) in [7, 11) is 0. The van der Waals surface area contributed by atoms with Gasteiger partial charge in [0, 0.05) is 11.1 Å². The highest BCUT2D eigenvalue weighted by molar-refractivity contribution is 6.49. The van der Waals surface area contributed by atoms with E-state index in [-0.39, 0.29) is 26.5 Å². The number of benzene rings is 3. The van der Waals surface area contributed by atoms with Crippen molar-refractivity contribution in [2.75, 3.05) is 0 Å². The SMILES string of the molecule is O=C=Nc1c(-c2c(O)ccc3ccccc23)cc(Cl)c(Cl)c1Cl. The fourth-order valence-corrected chi connectivity index (χ4v) is 3.12. The number of rotatable bonds is 2. The van der Waals surface area contributed by atoms with Crippen LogP contribution in [0.4, 0.5) is 5.69 Å². The van der Waals surface area contributed by atoms with E-state index in [0.29, 0.717) is 11.1 Å². The lowest BCUT2D eigenvalue weighted by Crippen LogP contribution is -1.87. The van der Waals surface area contributed by atoms with Gasteiger partial charge in [0.1, 0.15) is 11.4 Å². The summed E-state index contributed by atoms with van der Waals surface area (Å²) in [5, 5.41) is 12.3. The van der Waals surface area contributed by atoms with Crippen molar-refractivity contribution in [1.82, 2.24) is 0 Å². The molecule has 23 heavy (non-hydrogen) atoms. The summed E-state index contributed by atoms with van der Waals surface area (Å²) < 4.78 is 0. The lowest BCUT2D eigenvalue weighted by molar-refractivity contribution is 0.478. The van der Waals surface area contributed by atoms with Crippen molar-refractivity contribution in [2.24, 2.45) is 4.99 Å². The molecule has 0 heterocycles. The second-order valence-electron chi connectivity index (χ2n) is 4.77. The molecule has 0 aliphatic carbocycles. The minimum absolute atomic E-state index is 0.0144. The first-order valence-corrected chi connectivity index (χ1v) is 7.64. The third-order valence-electron chi connectivity index (χ3n) is 3.47. The van der Waals surface area contributed by atoms with E-state index >= 15 is 0 Å². The van der Waals surface area contributed by atoms with Crippen LogP contribution < -0.4 is 0 Å². The maximum Gasteiger partial charge on any atom is 0.240 e. The summed E-state index contributed by atoms with van der Waals surface area (Å²) in [6.45, 7) is 0. The third-order valence-corrected chi connectivity index (χ3v) is 4.72. The van der Waals surface area contributed by atoms with E-state index in [2.05, 4.69) is 4.99 Å². The molecule has 0 saturated heterocycles. The van der Waals surface area contributed by atoms with Crippen LogP contribution in [-0.4, -0.2) is 11.2 Å². The number of hydrogen-bond donors (Lipinski definition) is 1. The Morgan fingerprint density at radius 3 is 2.48 bits per heavy atom. The zero-order valence-corrected chi connectivity index (χ0v) is 13.7. The Morgan fingerprint density at radius 2 is 1.74 bits per heavy atom. The molecule has 0 radical (unpaired) electrons. The van der Waals surface area contributed by atoms with Gasteiger partial charge in [-0.2, -0.15) is 4.99 Å². The molecule has 3 nitrogen and oxygen atoms in total. The summed E-state index contributed by atoms with van der Waals surface area (Å²) in [6, 6.07) is 12.3. The molecule has 0 atom stereocenters. The molecule has 3 aromatic carbocycles. The summed E-state index contributed by atoms with van der Waals surface area (Å²) in [4.78, 5) is 14.4. The molecule has 0 aliphatic rings. The van der Waals surface area contributed by atoms with Crippen LogP contribution in [0.25, 0.3) is 21.9 Å². The molecule has 3 rings (SSSR count). The molecule has 1 N–H and O–H groups in total. The number of phenolic OH excluding ortho intramolecular Hbond substituents is 1. The van der Waals surface area contributed by atoms with Crippen LogP contribution in [0.5, 0.6) is 5.75 Å². The van der Waals surface area contributed by atoms with Gasteiger partial charge in [-0.25, -0.2) is 4.79 Å². The van der Waals surface area contributed by atoms with Gasteiger partial charge in [0.05, 0.1) is 15.1 Å². The number of isocyanates is 1. The Morgan fingerprint density at radius 1 is 1.00 bits per heavy atom. The average molecular weight is 365 g/mol. The number of aromatic hydroxyl groups is 1. The Labute approximate surface area is 146 Å². The van der Waals surface area contributed by atoms with Gasteiger partial charge in [0.2, 0.25) is 6.08 Å². The molecule has 0 fully saturated rings. The summed E-state index contributed by atoms with van der Waals surface area (Å²) in [5.41, 5.74) is 0.988.